The van der Waals surface area contributed by atoms with E-state index in [1.165, 1.54) is 37.8 Å². The summed E-state index contributed by atoms with van der Waals surface area (Å²) in [6, 6.07) is 11.6. The number of halogens is 1. The molecule has 1 aromatic carbocycles. The number of anilines is 1. The second-order valence-corrected chi connectivity index (χ2v) is 10.8. The number of aromatic nitrogens is 1. The molecule has 37 heavy (non-hydrogen) atoms. The molecule has 1 unspecified atom stereocenters. The Hall–Kier alpha value is -3.15. The van der Waals surface area contributed by atoms with Crippen molar-refractivity contribution in [3.63, 3.8) is 0 Å². The van der Waals surface area contributed by atoms with Gasteiger partial charge in [-0.15, -0.1) is 0 Å². The first kappa shape index (κ1) is 25.5. The van der Waals surface area contributed by atoms with Crippen LogP contribution >= 0.6 is 0 Å². The molecule has 1 saturated carbocycles. The summed E-state index contributed by atoms with van der Waals surface area (Å²) in [5.74, 6) is 1.48. The van der Waals surface area contributed by atoms with Crippen LogP contribution in [0.2, 0.25) is 0 Å². The summed E-state index contributed by atoms with van der Waals surface area (Å²) >= 11 is 0. The van der Waals surface area contributed by atoms with Gasteiger partial charge in [-0.05, 0) is 86.1 Å². The molecule has 0 radical (unpaired) electrons. The Morgan fingerprint density at radius 1 is 1.05 bits per heavy atom. The lowest BCUT2D eigenvalue weighted by molar-refractivity contribution is -0.132. The largest absolute Gasteiger partial charge is 0.362 e. The SMILES string of the molecule is Cc1cc(C2=CCC(C)N(CC(=O)N3CCN(c4ccccn4)CC3)C(C3CCCCC3)=C2)ccc1F. The van der Waals surface area contributed by atoms with Crippen molar-refractivity contribution in [1.29, 1.82) is 0 Å². The summed E-state index contributed by atoms with van der Waals surface area (Å²) in [7, 11) is 0. The minimum Gasteiger partial charge on any atom is -0.362 e. The van der Waals surface area contributed by atoms with Gasteiger partial charge in [-0.25, -0.2) is 9.37 Å². The number of carbonyl (C=O) groups is 1. The first-order valence-corrected chi connectivity index (χ1v) is 13.9. The average molecular weight is 503 g/mol. The van der Waals surface area contributed by atoms with E-state index in [4.69, 9.17) is 0 Å². The van der Waals surface area contributed by atoms with Crippen molar-refractivity contribution in [1.82, 2.24) is 14.8 Å². The Morgan fingerprint density at radius 2 is 1.84 bits per heavy atom. The number of hydrogen-bond donors (Lipinski definition) is 0. The third kappa shape index (κ3) is 5.89. The molecule has 5 rings (SSSR count). The van der Waals surface area contributed by atoms with Gasteiger partial charge in [-0.1, -0.05) is 37.5 Å². The van der Waals surface area contributed by atoms with Crippen LogP contribution in [0.3, 0.4) is 0 Å². The summed E-state index contributed by atoms with van der Waals surface area (Å²) in [5, 5.41) is 0. The molecule has 1 saturated heterocycles. The number of nitrogens with zero attached hydrogens (tertiary/aromatic N) is 4. The van der Waals surface area contributed by atoms with Crippen LogP contribution in [-0.2, 0) is 4.79 Å². The molecular formula is C31H39FN4O. The number of allylic oxidation sites excluding steroid dienone is 3. The molecule has 2 aromatic rings. The quantitative estimate of drug-likeness (QED) is 0.517. The summed E-state index contributed by atoms with van der Waals surface area (Å²) in [4.78, 5) is 24.7. The molecule has 0 spiro atoms. The molecule has 2 aliphatic heterocycles. The van der Waals surface area contributed by atoms with Crippen LogP contribution in [0.5, 0.6) is 0 Å². The summed E-state index contributed by atoms with van der Waals surface area (Å²) in [6.45, 7) is 7.52. The van der Waals surface area contributed by atoms with Crippen LogP contribution in [0, 0.1) is 18.7 Å². The van der Waals surface area contributed by atoms with E-state index in [0.717, 1.165) is 49.6 Å². The van der Waals surface area contributed by atoms with Crippen LogP contribution in [-0.4, -0.2) is 59.5 Å². The fraction of sp³-hybridized carbons (Fsp3) is 0.484. The molecule has 1 aliphatic carbocycles. The van der Waals surface area contributed by atoms with E-state index in [-0.39, 0.29) is 17.8 Å². The van der Waals surface area contributed by atoms with Crippen molar-refractivity contribution in [3.05, 3.63) is 77.4 Å². The summed E-state index contributed by atoms with van der Waals surface area (Å²) in [6.07, 6.45) is 13.4. The highest BCUT2D eigenvalue weighted by Gasteiger charge is 2.31. The molecule has 1 atom stereocenters. The van der Waals surface area contributed by atoms with Gasteiger partial charge in [0.25, 0.3) is 0 Å². The topological polar surface area (TPSA) is 39.7 Å². The zero-order valence-electron chi connectivity index (χ0n) is 22.2. The van der Waals surface area contributed by atoms with Crippen LogP contribution in [0.25, 0.3) is 5.57 Å². The van der Waals surface area contributed by atoms with E-state index in [1.54, 1.807) is 6.07 Å². The lowest BCUT2D eigenvalue weighted by Crippen LogP contribution is -2.52. The van der Waals surface area contributed by atoms with Gasteiger partial charge in [0, 0.05) is 44.1 Å². The highest BCUT2D eigenvalue weighted by Crippen LogP contribution is 2.37. The second kappa shape index (κ2) is 11.5. The fourth-order valence-electron chi connectivity index (χ4n) is 5.98. The number of amides is 1. The van der Waals surface area contributed by atoms with Crippen molar-refractivity contribution in [2.45, 2.75) is 58.4 Å². The van der Waals surface area contributed by atoms with E-state index in [9.17, 15) is 9.18 Å². The molecule has 1 aromatic heterocycles. The first-order valence-electron chi connectivity index (χ1n) is 13.9. The van der Waals surface area contributed by atoms with Crippen molar-refractivity contribution in [2.75, 3.05) is 37.6 Å². The molecule has 5 nitrogen and oxygen atoms in total. The van der Waals surface area contributed by atoms with Crippen molar-refractivity contribution >= 4 is 17.3 Å². The predicted molar refractivity (Wildman–Crippen MR) is 148 cm³/mol. The number of piperazine rings is 1. The second-order valence-electron chi connectivity index (χ2n) is 10.8. The number of carbonyl (C=O) groups excluding carboxylic acids is 1. The van der Waals surface area contributed by atoms with E-state index >= 15 is 0 Å². The Bertz CT molecular complexity index is 1150. The number of rotatable bonds is 5. The first-order chi connectivity index (χ1) is 18.0. The zero-order chi connectivity index (χ0) is 25.8. The van der Waals surface area contributed by atoms with Gasteiger partial charge in [0.2, 0.25) is 5.91 Å². The number of benzene rings is 1. The number of pyridine rings is 1. The molecule has 0 bridgehead atoms. The number of hydrogen-bond acceptors (Lipinski definition) is 4. The van der Waals surface area contributed by atoms with Crippen molar-refractivity contribution in [3.8, 4) is 0 Å². The van der Waals surface area contributed by atoms with E-state index in [1.807, 2.05) is 48.4 Å². The molecule has 196 valence electrons. The molecule has 1 amide bonds. The monoisotopic (exact) mass is 502 g/mol. The maximum absolute atomic E-state index is 14.0. The third-order valence-electron chi connectivity index (χ3n) is 8.27. The summed E-state index contributed by atoms with van der Waals surface area (Å²) in [5.41, 5.74) is 4.16. The minimum absolute atomic E-state index is 0.168. The van der Waals surface area contributed by atoms with Gasteiger partial charge in [-0.3, -0.25) is 4.79 Å². The molecule has 3 heterocycles. The Kier molecular flexibility index (Phi) is 7.92. The minimum atomic E-state index is -0.168. The molecular weight excluding hydrogens is 463 g/mol. The van der Waals surface area contributed by atoms with Gasteiger partial charge in [0.1, 0.15) is 11.6 Å². The lowest BCUT2D eigenvalue weighted by Gasteiger charge is -2.40. The fourth-order valence-corrected chi connectivity index (χ4v) is 5.98. The zero-order valence-corrected chi connectivity index (χ0v) is 22.2. The van der Waals surface area contributed by atoms with Crippen molar-refractivity contribution < 1.29 is 9.18 Å². The Balaban J connectivity index is 1.34. The van der Waals surface area contributed by atoms with Gasteiger partial charge in [-0.2, -0.15) is 0 Å². The maximum atomic E-state index is 14.0. The van der Waals surface area contributed by atoms with E-state index < -0.39 is 0 Å². The van der Waals surface area contributed by atoms with Gasteiger partial charge < -0.3 is 14.7 Å². The highest BCUT2D eigenvalue weighted by molar-refractivity contribution is 5.80. The average Bonchev–Trinajstić information content (AvgIpc) is 3.10. The van der Waals surface area contributed by atoms with E-state index in [0.29, 0.717) is 18.0 Å². The molecule has 2 fully saturated rings. The predicted octanol–water partition coefficient (Wildman–Crippen LogP) is 5.82. The van der Waals surface area contributed by atoms with Crippen LogP contribution in [0.1, 0.15) is 56.6 Å². The smallest absolute Gasteiger partial charge is 0.242 e. The highest BCUT2D eigenvalue weighted by atomic mass is 19.1. The lowest BCUT2D eigenvalue weighted by atomic mass is 9.85. The standard InChI is InChI=1S/C31H39FN4O/c1-23-20-26(13-14-28(23)32)27-12-11-24(2)36(29(21-27)25-8-4-3-5-9-25)22-31(37)35-18-16-34(17-19-35)30-10-6-7-15-33-30/h6-7,10,12-15,20-21,24-25H,3-5,8-9,11,16-19,22H2,1-2H3. The van der Waals surface area contributed by atoms with Crippen LogP contribution < -0.4 is 4.90 Å². The maximum Gasteiger partial charge on any atom is 0.242 e. The third-order valence-corrected chi connectivity index (χ3v) is 8.27. The van der Waals surface area contributed by atoms with Gasteiger partial charge >= 0.3 is 0 Å². The molecule has 0 N–H and O–H groups in total. The van der Waals surface area contributed by atoms with Crippen LogP contribution in [0.15, 0.2) is 60.4 Å². The molecule has 6 heteroatoms. The number of aryl methyl sites for hydroxylation is 1. The summed E-state index contributed by atoms with van der Waals surface area (Å²) < 4.78 is 14.0. The van der Waals surface area contributed by atoms with Crippen LogP contribution in [0.4, 0.5) is 10.2 Å². The van der Waals surface area contributed by atoms with E-state index in [2.05, 4.69) is 33.9 Å². The van der Waals surface area contributed by atoms with Gasteiger partial charge in [0.05, 0.1) is 6.54 Å². The van der Waals surface area contributed by atoms with Crippen molar-refractivity contribution in [2.24, 2.45) is 5.92 Å². The normalized spacial score (nSPS) is 21.4. The molecule has 3 aliphatic rings. The Morgan fingerprint density at radius 3 is 2.54 bits per heavy atom. The Labute approximate surface area is 220 Å². The van der Waals surface area contributed by atoms with Gasteiger partial charge in [0.15, 0.2) is 0 Å².